The molecule has 0 aromatic heterocycles. The summed E-state index contributed by atoms with van der Waals surface area (Å²) >= 11 is 0. The molecule has 2 atom stereocenters. The minimum Gasteiger partial charge on any atom is -0.466 e. The van der Waals surface area contributed by atoms with E-state index in [-0.39, 0.29) is 11.2 Å². The Kier molecular flexibility index (Phi) is 7.25. The molecule has 15 heavy (non-hydrogen) atoms. The summed E-state index contributed by atoms with van der Waals surface area (Å²) in [5.74, 6) is -0.316. The Hall–Kier alpha value is -0.680. The first kappa shape index (κ1) is 14.3. The lowest BCUT2D eigenvalue weighted by Crippen LogP contribution is -2.27. The van der Waals surface area contributed by atoms with Crippen molar-refractivity contribution in [2.45, 2.75) is 19.1 Å². The molecule has 0 fully saturated rings. The molecule has 0 aliphatic carbocycles. The molecule has 0 saturated heterocycles. The Morgan fingerprint density at radius 1 is 1.60 bits per heavy atom. The predicted molar refractivity (Wildman–Crippen MR) is 62.2 cm³/mol. The van der Waals surface area contributed by atoms with E-state index in [0.29, 0.717) is 18.7 Å². The van der Waals surface area contributed by atoms with Crippen LogP contribution in [0.15, 0.2) is 11.6 Å². The van der Waals surface area contributed by atoms with Crippen LogP contribution in [-0.2, 0) is 20.3 Å². The number of ether oxygens (including phenoxy) is 1. The standard InChI is InChI=1S/C10H19NO3S/c1-8(10(12)14-3)5-6-11-7-9(2)15(4)13/h5,9,11H,6-7H2,1-4H3. The molecule has 0 aromatic carbocycles. The monoisotopic (exact) mass is 233 g/mol. The van der Waals surface area contributed by atoms with Gasteiger partial charge in [-0.05, 0) is 13.8 Å². The Bertz CT molecular complexity index is 263. The van der Waals surface area contributed by atoms with Gasteiger partial charge in [-0.15, -0.1) is 0 Å². The maximum atomic E-state index is 11.0. The van der Waals surface area contributed by atoms with Gasteiger partial charge in [0.25, 0.3) is 0 Å². The van der Waals surface area contributed by atoms with Crippen LogP contribution in [0.5, 0.6) is 0 Å². The van der Waals surface area contributed by atoms with Crippen molar-refractivity contribution in [1.29, 1.82) is 0 Å². The minimum atomic E-state index is -0.810. The van der Waals surface area contributed by atoms with Gasteiger partial charge < -0.3 is 10.1 Å². The van der Waals surface area contributed by atoms with E-state index in [1.807, 2.05) is 6.92 Å². The van der Waals surface area contributed by atoms with Crippen molar-refractivity contribution in [3.05, 3.63) is 11.6 Å². The quantitative estimate of drug-likeness (QED) is 0.411. The molecule has 0 aliphatic rings. The number of hydrogen-bond acceptors (Lipinski definition) is 4. The van der Waals surface area contributed by atoms with Crippen LogP contribution < -0.4 is 5.32 Å². The van der Waals surface area contributed by atoms with Gasteiger partial charge in [0.15, 0.2) is 0 Å². The second-order valence-corrected chi connectivity index (χ2v) is 5.15. The molecule has 0 heterocycles. The van der Waals surface area contributed by atoms with E-state index >= 15 is 0 Å². The molecule has 0 amide bonds. The van der Waals surface area contributed by atoms with Crippen molar-refractivity contribution in [3.63, 3.8) is 0 Å². The van der Waals surface area contributed by atoms with Gasteiger partial charge in [-0.3, -0.25) is 4.21 Å². The highest BCUT2D eigenvalue weighted by Crippen LogP contribution is 1.94. The molecular weight excluding hydrogens is 214 g/mol. The molecule has 0 saturated carbocycles. The largest absolute Gasteiger partial charge is 0.466 e. The topological polar surface area (TPSA) is 55.4 Å². The average molecular weight is 233 g/mol. The number of carbonyl (C=O) groups excluding carboxylic acids is 1. The zero-order valence-electron chi connectivity index (χ0n) is 9.70. The van der Waals surface area contributed by atoms with E-state index in [2.05, 4.69) is 10.1 Å². The lowest BCUT2D eigenvalue weighted by molar-refractivity contribution is -0.136. The maximum Gasteiger partial charge on any atom is 0.333 e. The molecule has 0 rings (SSSR count). The molecule has 0 aromatic rings. The number of nitrogens with one attached hydrogen (secondary N) is 1. The van der Waals surface area contributed by atoms with E-state index < -0.39 is 10.8 Å². The van der Waals surface area contributed by atoms with Gasteiger partial charge >= 0.3 is 5.97 Å². The molecule has 0 radical (unpaired) electrons. The van der Waals surface area contributed by atoms with Gasteiger partial charge in [-0.2, -0.15) is 0 Å². The van der Waals surface area contributed by atoms with Crippen LogP contribution in [0.1, 0.15) is 13.8 Å². The fourth-order valence-corrected chi connectivity index (χ4v) is 1.23. The third kappa shape index (κ3) is 6.41. The second kappa shape index (κ2) is 7.59. The predicted octanol–water partition coefficient (Wildman–Crippen LogP) is 0.462. The minimum absolute atomic E-state index is 0.122. The lowest BCUT2D eigenvalue weighted by Gasteiger charge is -2.08. The van der Waals surface area contributed by atoms with Crippen molar-refractivity contribution in [2.24, 2.45) is 0 Å². The lowest BCUT2D eigenvalue weighted by atomic mass is 10.3. The fourth-order valence-electron chi connectivity index (χ4n) is 0.874. The van der Waals surface area contributed by atoms with E-state index in [9.17, 15) is 9.00 Å². The summed E-state index contributed by atoms with van der Waals surface area (Å²) in [5, 5.41) is 3.22. The van der Waals surface area contributed by atoms with Crippen molar-refractivity contribution < 1.29 is 13.7 Å². The molecule has 0 spiro atoms. The molecule has 0 bridgehead atoms. The van der Waals surface area contributed by atoms with Crippen LogP contribution in [0.25, 0.3) is 0 Å². The number of methoxy groups -OCH3 is 1. The summed E-state index contributed by atoms with van der Waals surface area (Å²) in [7, 11) is 0.547. The van der Waals surface area contributed by atoms with Crippen molar-refractivity contribution in [2.75, 3.05) is 26.5 Å². The second-order valence-electron chi connectivity index (χ2n) is 3.35. The normalized spacial score (nSPS) is 15.9. The molecule has 4 nitrogen and oxygen atoms in total. The molecule has 1 N–H and O–H groups in total. The van der Waals surface area contributed by atoms with Crippen LogP contribution in [0.2, 0.25) is 0 Å². The average Bonchev–Trinajstić information content (AvgIpc) is 2.22. The van der Waals surface area contributed by atoms with Crippen LogP contribution in [0, 0.1) is 0 Å². The van der Waals surface area contributed by atoms with E-state index in [1.54, 1.807) is 19.3 Å². The van der Waals surface area contributed by atoms with Crippen LogP contribution in [0.3, 0.4) is 0 Å². The van der Waals surface area contributed by atoms with E-state index in [0.717, 1.165) is 0 Å². The molecule has 5 heteroatoms. The highest BCUT2D eigenvalue weighted by molar-refractivity contribution is 7.84. The van der Waals surface area contributed by atoms with E-state index in [1.165, 1.54) is 7.11 Å². The number of esters is 1. The SMILES string of the molecule is COC(=O)C(C)=CCNCC(C)S(C)=O. The number of hydrogen-bond donors (Lipinski definition) is 1. The summed E-state index contributed by atoms with van der Waals surface area (Å²) in [4.78, 5) is 11.0. The first-order valence-electron chi connectivity index (χ1n) is 4.77. The van der Waals surface area contributed by atoms with Gasteiger partial charge in [0.05, 0.1) is 7.11 Å². The Labute approximate surface area is 93.5 Å². The summed E-state index contributed by atoms with van der Waals surface area (Å²) in [6, 6.07) is 0. The van der Waals surface area contributed by atoms with Crippen LogP contribution >= 0.6 is 0 Å². The van der Waals surface area contributed by atoms with Crippen molar-refractivity contribution in [1.82, 2.24) is 5.32 Å². The number of carbonyl (C=O) groups is 1. The zero-order valence-corrected chi connectivity index (χ0v) is 10.5. The first-order valence-corrected chi connectivity index (χ1v) is 6.39. The third-order valence-electron chi connectivity index (χ3n) is 2.06. The molecule has 0 aliphatic heterocycles. The van der Waals surface area contributed by atoms with Crippen molar-refractivity contribution >= 4 is 16.8 Å². The van der Waals surface area contributed by atoms with Gasteiger partial charge in [0.2, 0.25) is 0 Å². The molecular formula is C10H19NO3S. The summed E-state index contributed by atoms with van der Waals surface area (Å²) in [6.07, 6.45) is 3.44. The van der Waals surface area contributed by atoms with Gasteiger partial charge in [-0.25, -0.2) is 4.79 Å². The van der Waals surface area contributed by atoms with Crippen LogP contribution in [-0.4, -0.2) is 41.9 Å². The van der Waals surface area contributed by atoms with Crippen molar-refractivity contribution in [3.8, 4) is 0 Å². The zero-order chi connectivity index (χ0) is 11.8. The summed E-state index contributed by atoms with van der Waals surface area (Å²) < 4.78 is 15.6. The van der Waals surface area contributed by atoms with Gasteiger partial charge in [-0.1, -0.05) is 6.08 Å². The maximum absolute atomic E-state index is 11.0. The Morgan fingerprint density at radius 2 is 2.20 bits per heavy atom. The van der Waals surface area contributed by atoms with Gasteiger partial charge in [0.1, 0.15) is 0 Å². The number of rotatable bonds is 6. The Balaban J connectivity index is 3.79. The molecule has 88 valence electrons. The van der Waals surface area contributed by atoms with Gasteiger partial charge in [0, 0.05) is 41.0 Å². The highest BCUT2D eigenvalue weighted by atomic mass is 32.2. The fraction of sp³-hybridized carbons (Fsp3) is 0.700. The molecule has 2 unspecified atom stereocenters. The summed E-state index contributed by atoms with van der Waals surface area (Å²) in [6.45, 7) is 4.88. The third-order valence-corrected chi connectivity index (χ3v) is 3.36. The first-order chi connectivity index (χ1) is 6.99. The Morgan fingerprint density at radius 3 is 2.67 bits per heavy atom. The highest BCUT2D eigenvalue weighted by Gasteiger charge is 2.05. The van der Waals surface area contributed by atoms with E-state index in [4.69, 9.17) is 0 Å². The van der Waals surface area contributed by atoms with Crippen LogP contribution in [0.4, 0.5) is 0 Å². The smallest absolute Gasteiger partial charge is 0.333 e. The summed E-state index contributed by atoms with van der Waals surface area (Å²) in [5.41, 5.74) is 0.579.